The van der Waals surface area contributed by atoms with E-state index in [1.807, 2.05) is 13.8 Å². The Balaban J connectivity index is 2.80. The van der Waals surface area contributed by atoms with Crippen LogP contribution in [0.1, 0.15) is 20.3 Å². The van der Waals surface area contributed by atoms with E-state index < -0.39 is 14.8 Å². The highest BCUT2D eigenvalue weighted by molar-refractivity contribution is 7.91. The zero-order valence-electron chi connectivity index (χ0n) is 11.0. The van der Waals surface area contributed by atoms with Gasteiger partial charge in [-0.1, -0.05) is 26.0 Å². The molecular weight excluding hydrogens is 268 g/mol. The molecule has 0 heterocycles. The SMILES string of the molecule is CC(C)NCCCS(=O)(=O)c1ccccc1[N+](=O)[O-]. The van der Waals surface area contributed by atoms with Crippen LogP contribution in [0.3, 0.4) is 0 Å². The second-order valence-electron chi connectivity index (χ2n) is 4.51. The van der Waals surface area contributed by atoms with Crippen molar-refractivity contribution in [3.63, 3.8) is 0 Å². The van der Waals surface area contributed by atoms with Gasteiger partial charge in [-0.3, -0.25) is 10.1 Å². The molecule has 7 heteroatoms. The highest BCUT2D eigenvalue weighted by Gasteiger charge is 2.24. The lowest BCUT2D eigenvalue weighted by Crippen LogP contribution is -2.25. The van der Waals surface area contributed by atoms with Crippen LogP contribution in [-0.4, -0.2) is 31.7 Å². The molecule has 0 radical (unpaired) electrons. The van der Waals surface area contributed by atoms with Gasteiger partial charge < -0.3 is 5.32 Å². The summed E-state index contributed by atoms with van der Waals surface area (Å²) >= 11 is 0. The molecule has 1 aromatic carbocycles. The fourth-order valence-electron chi connectivity index (χ4n) is 1.63. The molecule has 6 nitrogen and oxygen atoms in total. The zero-order valence-corrected chi connectivity index (χ0v) is 11.8. The van der Waals surface area contributed by atoms with Gasteiger partial charge in [-0.15, -0.1) is 0 Å². The molecular formula is C12H18N2O4S. The summed E-state index contributed by atoms with van der Waals surface area (Å²) < 4.78 is 24.1. The standard InChI is InChI=1S/C12H18N2O4S/c1-10(2)13-8-5-9-19(17,18)12-7-4-3-6-11(12)14(15)16/h3-4,6-7,10,13H,5,8-9H2,1-2H3. The Morgan fingerprint density at radius 2 is 1.95 bits per heavy atom. The molecule has 19 heavy (non-hydrogen) atoms. The van der Waals surface area contributed by atoms with Crippen molar-refractivity contribution in [3.05, 3.63) is 34.4 Å². The van der Waals surface area contributed by atoms with E-state index >= 15 is 0 Å². The van der Waals surface area contributed by atoms with Crippen LogP contribution in [0.4, 0.5) is 5.69 Å². The number of nitrogens with zero attached hydrogens (tertiary/aromatic N) is 1. The topological polar surface area (TPSA) is 89.3 Å². The van der Waals surface area contributed by atoms with Crippen molar-refractivity contribution >= 4 is 15.5 Å². The second-order valence-corrected chi connectivity index (χ2v) is 6.58. The van der Waals surface area contributed by atoms with Crippen LogP contribution in [0.25, 0.3) is 0 Å². The highest BCUT2D eigenvalue weighted by atomic mass is 32.2. The first-order chi connectivity index (χ1) is 8.84. The number of hydrogen-bond donors (Lipinski definition) is 1. The Labute approximate surface area is 112 Å². The molecule has 1 N–H and O–H groups in total. The monoisotopic (exact) mass is 286 g/mol. The fraction of sp³-hybridized carbons (Fsp3) is 0.500. The van der Waals surface area contributed by atoms with Crippen molar-refractivity contribution in [1.82, 2.24) is 5.32 Å². The van der Waals surface area contributed by atoms with Crippen LogP contribution in [-0.2, 0) is 9.84 Å². The molecule has 0 bridgehead atoms. The minimum atomic E-state index is -3.62. The number of nitro groups is 1. The third-order valence-corrected chi connectivity index (χ3v) is 4.38. The number of sulfone groups is 1. The summed E-state index contributed by atoms with van der Waals surface area (Å²) in [6.45, 7) is 4.50. The minimum absolute atomic E-state index is 0.0996. The maximum atomic E-state index is 12.1. The van der Waals surface area contributed by atoms with Crippen LogP contribution < -0.4 is 5.32 Å². The molecule has 0 atom stereocenters. The van der Waals surface area contributed by atoms with Gasteiger partial charge in [0.15, 0.2) is 9.84 Å². The molecule has 1 rings (SSSR count). The third kappa shape index (κ3) is 4.60. The molecule has 0 aliphatic carbocycles. The average molecular weight is 286 g/mol. The highest BCUT2D eigenvalue weighted by Crippen LogP contribution is 2.24. The van der Waals surface area contributed by atoms with Crippen LogP contribution >= 0.6 is 0 Å². The summed E-state index contributed by atoms with van der Waals surface area (Å²) in [5.41, 5.74) is -0.362. The van der Waals surface area contributed by atoms with Crippen LogP contribution in [0.2, 0.25) is 0 Å². The zero-order chi connectivity index (χ0) is 14.5. The maximum Gasteiger partial charge on any atom is 0.287 e. The number of hydrogen-bond acceptors (Lipinski definition) is 5. The molecule has 0 spiro atoms. The molecule has 0 saturated carbocycles. The Morgan fingerprint density at radius 3 is 2.53 bits per heavy atom. The van der Waals surface area contributed by atoms with Gasteiger partial charge in [0.25, 0.3) is 5.69 Å². The molecule has 0 aliphatic rings. The van der Waals surface area contributed by atoms with Gasteiger partial charge in [0.05, 0.1) is 10.7 Å². The number of benzene rings is 1. The van der Waals surface area contributed by atoms with Crippen LogP contribution in [0.5, 0.6) is 0 Å². The molecule has 0 fully saturated rings. The summed E-state index contributed by atoms with van der Waals surface area (Å²) in [5, 5.41) is 13.9. The van der Waals surface area contributed by atoms with E-state index in [4.69, 9.17) is 0 Å². The Morgan fingerprint density at radius 1 is 1.32 bits per heavy atom. The Bertz CT molecular complexity index is 540. The molecule has 0 saturated heterocycles. The van der Waals surface area contributed by atoms with Crippen molar-refractivity contribution in [3.8, 4) is 0 Å². The third-order valence-electron chi connectivity index (χ3n) is 2.54. The van der Waals surface area contributed by atoms with Crippen molar-refractivity contribution in [2.24, 2.45) is 0 Å². The molecule has 0 aromatic heterocycles. The number of nitro benzene ring substituents is 1. The average Bonchev–Trinajstić information content (AvgIpc) is 2.34. The smallest absolute Gasteiger partial charge is 0.287 e. The molecule has 1 aromatic rings. The minimum Gasteiger partial charge on any atom is -0.314 e. The first-order valence-electron chi connectivity index (χ1n) is 6.04. The lowest BCUT2D eigenvalue weighted by atomic mass is 10.3. The van der Waals surface area contributed by atoms with Gasteiger partial charge in [0.2, 0.25) is 0 Å². The van der Waals surface area contributed by atoms with E-state index in [1.165, 1.54) is 24.3 Å². The van der Waals surface area contributed by atoms with Crippen LogP contribution in [0.15, 0.2) is 29.2 Å². The Hall–Kier alpha value is -1.47. The van der Waals surface area contributed by atoms with Crippen molar-refractivity contribution in [1.29, 1.82) is 0 Å². The van der Waals surface area contributed by atoms with Crippen molar-refractivity contribution in [2.75, 3.05) is 12.3 Å². The van der Waals surface area contributed by atoms with E-state index in [-0.39, 0.29) is 22.4 Å². The van der Waals surface area contributed by atoms with Crippen LogP contribution in [0, 0.1) is 10.1 Å². The van der Waals surface area contributed by atoms with Crippen molar-refractivity contribution < 1.29 is 13.3 Å². The fourth-order valence-corrected chi connectivity index (χ4v) is 3.13. The number of para-hydroxylation sites is 1. The van der Waals surface area contributed by atoms with Gasteiger partial charge >= 0.3 is 0 Å². The van der Waals surface area contributed by atoms with Gasteiger partial charge in [-0.25, -0.2) is 8.42 Å². The summed E-state index contributed by atoms with van der Waals surface area (Å²) in [6.07, 6.45) is 0.423. The largest absolute Gasteiger partial charge is 0.314 e. The summed E-state index contributed by atoms with van der Waals surface area (Å²) in [7, 11) is -3.62. The van der Waals surface area contributed by atoms with E-state index in [9.17, 15) is 18.5 Å². The molecule has 0 amide bonds. The normalized spacial score (nSPS) is 11.7. The summed E-state index contributed by atoms with van der Waals surface area (Å²) in [5.74, 6) is -0.0996. The Kier molecular flexibility index (Phi) is 5.44. The van der Waals surface area contributed by atoms with Crippen molar-refractivity contribution in [2.45, 2.75) is 31.2 Å². The van der Waals surface area contributed by atoms with E-state index in [1.54, 1.807) is 0 Å². The maximum absolute atomic E-state index is 12.1. The van der Waals surface area contributed by atoms with Gasteiger partial charge in [-0.2, -0.15) is 0 Å². The predicted molar refractivity (Wildman–Crippen MR) is 72.9 cm³/mol. The van der Waals surface area contributed by atoms with E-state index in [0.717, 1.165) is 0 Å². The quantitative estimate of drug-likeness (QED) is 0.468. The van der Waals surface area contributed by atoms with Gasteiger partial charge in [-0.05, 0) is 19.0 Å². The molecule has 0 unspecified atom stereocenters. The first-order valence-corrected chi connectivity index (χ1v) is 7.69. The lowest BCUT2D eigenvalue weighted by molar-refractivity contribution is -0.387. The number of rotatable bonds is 7. The second kappa shape index (κ2) is 6.63. The molecule has 0 aliphatic heterocycles. The van der Waals surface area contributed by atoms with E-state index in [0.29, 0.717) is 13.0 Å². The predicted octanol–water partition coefficient (Wildman–Crippen LogP) is 1.76. The molecule has 106 valence electrons. The van der Waals surface area contributed by atoms with Gasteiger partial charge in [0, 0.05) is 12.1 Å². The number of nitrogens with one attached hydrogen (secondary N) is 1. The summed E-state index contributed by atoms with van der Waals surface area (Å²) in [4.78, 5) is 9.94. The first kappa shape index (κ1) is 15.6. The van der Waals surface area contributed by atoms with Gasteiger partial charge in [0.1, 0.15) is 4.90 Å². The van der Waals surface area contributed by atoms with E-state index in [2.05, 4.69) is 5.32 Å². The summed E-state index contributed by atoms with van der Waals surface area (Å²) in [6, 6.07) is 5.72. The lowest BCUT2D eigenvalue weighted by Gasteiger charge is -2.08.